The van der Waals surface area contributed by atoms with Crippen LogP contribution in [-0.4, -0.2) is 53.6 Å². The van der Waals surface area contributed by atoms with Crippen LogP contribution in [0.3, 0.4) is 0 Å². The van der Waals surface area contributed by atoms with E-state index in [1.54, 1.807) is 21.3 Å². The SMILES string of the molecule is CCNC(=NCCc1ccc(OC)c(OC)c1)Nc1cccc(OCCCOC)c1.I. The van der Waals surface area contributed by atoms with Crippen LogP contribution in [0.4, 0.5) is 5.69 Å². The van der Waals surface area contributed by atoms with Crippen LogP contribution in [0.2, 0.25) is 0 Å². The molecule has 2 aromatic rings. The molecular formula is C23H34IN3O4. The average molecular weight is 543 g/mol. The van der Waals surface area contributed by atoms with Crippen molar-refractivity contribution in [3.05, 3.63) is 48.0 Å². The van der Waals surface area contributed by atoms with Crippen LogP contribution in [0, 0.1) is 0 Å². The number of hydrogen-bond acceptors (Lipinski definition) is 5. The van der Waals surface area contributed by atoms with E-state index in [1.807, 2.05) is 49.4 Å². The molecule has 7 nitrogen and oxygen atoms in total. The lowest BCUT2D eigenvalue weighted by atomic mass is 10.1. The fourth-order valence-corrected chi connectivity index (χ4v) is 2.83. The highest BCUT2D eigenvalue weighted by Gasteiger charge is 2.05. The number of nitrogens with one attached hydrogen (secondary N) is 2. The third-order valence-electron chi connectivity index (χ3n) is 4.32. The van der Waals surface area contributed by atoms with E-state index in [0.717, 1.165) is 53.8 Å². The fourth-order valence-electron chi connectivity index (χ4n) is 2.83. The van der Waals surface area contributed by atoms with E-state index in [1.165, 1.54) is 0 Å². The Kier molecular flexibility index (Phi) is 13.5. The number of hydrogen-bond donors (Lipinski definition) is 2. The summed E-state index contributed by atoms with van der Waals surface area (Å²) < 4.78 is 21.5. The first-order valence-electron chi connectivity index (χ1n) is 10.2. The second-order valence-electron chi connectivity index (χ2n) is 6.55. The molecule has 0 aliphatic heterocycles. The van der Waals surface area contributed by atoms with Crippen LogP contribution in [0.15, 0.2) is 47.5 Å². The number of rotatable bonds is 12. The van der Waals surface area contributed by atoms with Gasteiger partial charge in [0.05, 0.1) is 20.8 Å². The summed E-state index contributed by atoms with van der Waals surface area (Å²) in [5.41, 5.74) is 2.06. The molecule has 8 heteroatoms. The van der Waals surface area contributed by atoms with E-state index in [-0.39, 0.29) is 24.0 Å². The van der Waals surface area contributed by atoms with Crippen LogP contribution >= 0.6 is 24.0 Å². The third-order valence-corrected chi connectivity index (χ3v) is 4.32. The lowest BCUT2D eigenvalue weighted by Gasteiger charge is -2.13. The monoisotopic (exact) mass is 543 g/mol. The van der Waals surface area contributed by atoms with Gasteiger partial charge in [0, 0.05) is 45.0 Å². The number of benzene rings is 2. The minimum absolute atomic E-state index is 0. The Hall–Kier alpha value is -2.20. The molecular weight excluding hydrogens is 509 g/mol. The summed E-state index contributed by atoms with van der Waals surface area (Å²) in [6.07, 6.45) is 1.65. The molecule has 0 unspecified atom stereocenters. The molecule has 31 heavy (non-hydrogen) atoms. The van der Waals surface area contributed by atoms with Crippen LogP contribution in [0.1, 0.15) is 18.9 Å². The maximum atomic E-state index is 5.77. The Morgan fingerprint density at radius 1 is 0.968 bits per heavy atom. The van der Waals surface area contributed by atoms with E-state index in [2.05, 4.69) is 15.6 Å². The number of anilines is 1. The maximum absolute atomic E-state index is 5.77. The van der Waals surface area contributed by atoms with Gasteiger partial charge in [-0.15, -0.1) is 24.0 Å². The van der Waals surface area contributed by atoms with Crippen molar-refractivity contribution in [3.63, 3.8) is 0 Å². The molecule has 0 aliphatic rings. The molecule has 2 aromatic carbocycles. The zero-order valence-electron chi connectivity index (χ0n) is 18.8. The molecule has 0 saturated carbocycles. The molecule has 0 bridgehead atoms. The highest BCUT2D eigenvalue weighted by molar-refractivity contribution is 14.0. The summed E-state index contributed by atoms with van der Waals surface area (Å²) >= 11 is 0. The lowest BCUT2D eigenvalue weighted by molar-refractivity contribution is 0.172. The van der Waals surface area contributed by atoms with Gasteiger partial charge < -0.3 is 29.6 Å². The minimum Gasteiger partial charge on any atom is -0.493 e. The first kappa shape index (κ1) is 26.8. The van der Waals surface area contributed by atoms with Gasteiger partial charge in [-0.2, -0.15) is 0 Å². The largest absolute Gasteiger partial charge is 0.493 e. The minimum atomic E-state index is 0. The summed E-state index contributed by atoms with van der Waals surface area (Å²) in [5.74, 6) is 3.00. The van der Waals surface area contributed by atoms with Gasteiger partial charge in [0.15, 0.2) is 17.5 Å². The van der Waals surface area contributed by atoms with E-state index >= 15 is 0 Å². The summed E-state index contributed by atoms with van der Waals surface area (Å²) in [7, 11) is 4.97. The fraction of sp³-hybridized carbons (Fsp3) is 0.435. The van der Waals surface area contributed by atoms with Crippen molar-refractivity contribution in [2.45, 2.75) is 19.8 Å². The lowest BCUT2D eigenvalue weighted by Crippen LogP contribution is -2.30. The molecule has 2 N–H and O–H groups in total. The van der Waals surface area contributed by atoms with Crippen LogP contribution in [0.5, 0.6) is 17.2 Å². The summed E-state index contributed by atoms with van der Waals surface area (Å²) in [5, 5.41) is 6.61. The van der Waals surface area contributed by atoms with E-state index in [4.69, 9.17) is 18.9 Å². The molecule has 0 spiro atoms. The zero-order valence-corrected chi connectivity index (χ0v) is 21.1. The van der Waals surface area contributed by atoms with Crippen LogP contribution < -0.4 is 24.8 Å². The molecule has 0 aromatic heterocycles. The van der Waals surface area contributed by atoms with Gasteiger partial charge in [-0.1, -0.05) is 12.1 Å². The second kappa shape index (κ2) is 15.6. The van der Waals surface area contributed by atoms with Gasteiger partial charge in [-0.25, -0.2) is 0 Å². The maximum Gasteiger partial charge on any atom is 0.195 e. The van der Waals surface area contributed by atoms with Gasteiger partial charge in [0.2, 0.25) is 0 Å². The Bertz CT molecular complexity index is 802. The topological polar surface area (TPSA) is 73.3 Å². The van der Waals surface area contributed by atoms with Crippen molar-refractivity contribution in [3.8, 4) is 17.2 Å². The van der Waals surface area contributed by atoms with Gasteiger partial charge in [0.25, 0.3) is 0 Å². The molecule has 0 atom stereocenters. The molecule has 0 saturated heterocycles. The number of ether oxygens (including phenoxy) is 4. The molecule has 2 rings (SSSR count). The van der Waals surface area contributed by atoms with Crippen molar-refractivity contribution in [1.82, 2.24) is 5.32 Å². The number of nitrogens with zero attached hydrogens (tertiary/aromatic N) is 1. The summed E-state index contributed by atoms with van der Waals surface area (Å²) in [6, 6.07) is 13.8. The van der Waals surface area contributed by atoms with Gasteiger partial charge in [0.1, 0.15) is 5.75 Å². The first-order valence-corrected chi connectivity index (χ1v) is 10.2. The Labute approximate surface area is 202 Å². The van der Waals surface area contributed by atoms with Crippen molar-refractivity contribution < 1.29 is 18.9 Å². The second-order valence-corrected chi connectivity index (χ2v) is 6.55. The third kappa shape index (κ3) is 9.65. The molecule has 0 heterocycles. The molecule has 0 fully saturated rings. The number of aliphatic imine (C=N–C) groups is 1. The number of guanidine groups is 1. The predicted octanol–water partition coefficient (Wildman–Crippen LogP) is 4.36. The predicted molar refractivity (Wildman–Crippen MR) is 137 cm³/mol. The average Bonchev–Trinajstić information content (AvgIpc) is 2.77. The van der Waals surface area contributed by atoms with Crippen molar-refractivity contribution >= 4 is 35.6 Å². The van der Waals surface area contributed by atoms with Crippen molar-refractivity contribution in [1.29, 1.82) is 0 Å². The first-order chi connectivity index (χ1) is 14.7. The standard InChI is InChI=1S/C23H33N3O4.HI/c1-5-24-23(25-13-12-18-10-11-21(28-3)22(16-18)29-4)26-19-8-6-9-20(17-19)30-15-7-14-27-2;/h6,8-11,16-17H,5,7,12-15H2,1-4H3,(H2,24,25,26);1H. The molecule has 172 valence electrons. The summed E-state index contributed by atoms with van der Waals surface area (Å²) in [4.78, 5) is 4.68. The van der Waals surface area contributed by atoms with E-state index < -0.39 is 0 Å². The molecule has 0 amide bonds. The Morgan fingerprint density at radius 3 is 2.48 bits per heavy atom. The van der Waals surface area contributed by atoms with Crippen molar-refractivity contribution in [2.24, 2.45) is 4.99 Å². The summed E-state index contributed by atoms with van der Waals surface area (Å²) in [6.45, 7) is 4.76. The highest BCUT2D eigenvalue weighted by Crippen LogP contribution is 2.27. The highest BCUT2D eigenvalue weighted by atomic mass is 127. The van der Waals surface area contributed by atoms with Gasteiger partial charge in [-0.05, 0) is 43.2 Å². The van der Waals surface area contributed by atoms with Crippen LogP contribution in [-0.2, 0) is 11.2 Å². The quantitative estimate of drug-likeness (QED) is 0.180. The van der Waals surface area contributed by atoms with Gasteiger partial charge >= 0.3 is 0 Å². The smallest absolute Gasteiger partial charge is 0.195 e. The number of halogens is 1. The zero-order chi connectivity index (χ0) is 21.6. The molecule has 0 radical (unpaired) electrons. The number of methoxy groups -OCH3 is 3. The van der Waals surface area contributed by atoms with Crippen molar-refractivity contribution in [2.75, 3.05) is 52.9 Å². The Morgan fingerprint density at radius 2 is 1.77 bits per heavy atom. The normalized spacial score (nSPS) is 10.8. The van der Waals surface area contributed by atoms with Gasteiger partial charge in [-0.3, -0.25) is 4.99 Å². The van der Waals surface area contributed by atoms with E-state index in [9.17, 15) is 0 Å². The van der Waals surface area contributed by atoms with Crippen LogP contribution in [0.25, 0.3) is 0 Å². The molecule has 0 aliphatic carbocycles. The van der Waals surface area contributed by atoms with E-state index in [0.29, 0.717) is 19.8 Å². The Balaban J connectivity index is 0.00000480.